The van der Waals surface area contributed by atoms with Gasteiger partial charge in [0.2, 0.25) is 5.91 Å². The third-order valence-electron chi connectivity index (χ3n) is 6.10. The molecular weight excluding hydrogens is 350 g/mol. The average molecular weight is 386 g/mol. The Kier molecular flexibility index (Phi) is 7.90. The van der Waals surface area contributed by atoms with E-state index in [-0.39, 0.29) is 11.8 Å². The summed E-state index contributed by atoms with van der Waals surface area (Å²) in [6.07, 6.45) is 7.46. The van der Waals surface area contributed by atoms with Crippen molar-refractivity contribution in [2.75, 3.05) is 39.3 Å². The van der Waals surface area contributed by atoms with E-state index in [2.05, 4.69) is 10.2 Å². The summed E-state index contributed by atoms with van der Waals surface area (Å²) in [5, 5.41) is 3.09. The minimum Gasteiger partial charge on any atom is -0.356 e. The minimum absolute atomic E-state index is 0.112. The molecule has 154 valence electrons. The maximum Gasteiger partial charge on any atom is 0.253 e. The van der Waals surface area contributed by atoms with Gasteiger partial charge in [0.25, 0.3) is 5.91 Å². The number of carbonyl (C=O) groups is 2. The standard InChI is InChI=1S/C23H35N3O2/c1-19-6-8-21(9-7-19)23(28)26-16-10-20(11-17-26)18-22(27)24-12-5-15-25-13-3-2-4-14-25/h6-9,20H,2-5,10-18H2,1H3,(H,24,27). The van der Waals surface area contributed by atoms with Crippen LogP contribution in [0.2, 0.25) is 0 Å². The smallest absolute Gasteiger partial charge is 0.253 e. The first-order valence-electron chi connectivity index (χ1n) is 11.0. The Morgan fingerprint density at radius 3 is 2.36 bits per heavy atom. The molecular formula is C23H35N3O2. The highest BCUT2D eigenvalue weighted by atomic mass is 16.2. The van der Waals surface area contributed by atoms with Crippen molar-refractivity contribution >= 4 is 11.8 Å². The van der Waals surface area contributed by atoms with Gasteiger partial charge in [-0.25, -0.2) is 0 Å². The van der Waals surface area contributed by atoms with Crippen LogP contribution in [0.15, 0.2) is 24.3 Å². The second-order valence-corrected chi connectivity index (χ2v) is 8.41. The Morgan fingerprint density at radius 2 is 1.68 bits per heavy atom. The van der Waals surface area contributed by atoms with Crippen LogP contribution < -0.4 is 5.32 Å². The maximum absolute atomic E-state index is 12.6. The van der Waals surface area contributed by atoms with Crippen LogP contribution in [0.25, 0.3) is 0 Å². The number of amides is 2. The van der Waals surface area contributed by atoms with Gasteiger partial charge in [-0.2, -0.15) is 0 Å². The first kappa shape index (κ1) is 20.8. The zero-order chi connectivity index (χ0) is 19.8. The molecule has 0 bridgehead atoms. The second-order valence-electron chi connectivity index (χ2n) is 8.41. The van der Waals surface area contributed by atoms with Crippen LogP contribution in [0.3, 0.4) is 0 Å². The number of benzene rings is 1. The number of aryl methyl sites for hydroxylation is 1. The topological polar surface area (TPSA) is 52.7 Å². The lowest BCUT2D eigenvalue weighted by atomic mass is 9.93. The minimum atomic E-state index is 0.112. The van der Waals surface area contributed by atoms with Crippen molar-refractivity contribution < 1.29 is 9.59 Å². The van der Waals surface area contributed by atoms with Crippen LogP contribution in [-0.4, -0.2) is 60.9 Å². The number of piperidine rings is 2. The van der Waals surface area contributed by atoms with Gasteiger partial charge in [0.1, 0.15) is 0 Å². The maximum atomic E-state index is 12.6. The Labute approximate surface area is 169 Å². The third kappa shape index (κ3) is 6.33. The highest BCUT2D eigenvalue weighted by molar-refractivity contribution is 5.94. The number of hydrogen-bond donors (Lipinski definition) is 1. The van der Waals surface area contributed by atoms with E-state index in [4.69, 9.17) is 0 Å². The summed E-state index contributed by atoms with van der Waals surface area (Å²) in [4.78, 5) is 29.3. The summed E-state index contributed by atoms with van der Waals surface area (Å²) in [5.41, 5.74) is 1.92. The van der Waals surface area contributed by atoms with Gasteiger partial charge in [0.05, 0.1) is 0 Å². The van der Waals surface area contributed by atoms with Gasteiger partial charge in [0.15, 0.2) is 0 Å². The monoisotopic (exact) mass is 385 g/mol. The van der Waals surface area contributed by atoms with Crippen molar-refractivity contribution in [1.82, 2.24) is 15.1 Å². The van der Waals surface area contributed by atoms with Crippen LogP contribution in [0, 0.1) is 12.8 Å². The normalized spacial score (nSPS) is 18.8. The number of nitrogens with zero attached hydrogens (tertiary/aromatic N) is 2. The third-order valence-corrected chi connectivity index (χ3v) is 6.10. The molecule has 1 N–H and O–H groups in total. The molecule has 0 atom stereocenters. The van der Waals surface area contributed by atoms with Crippen LogP contribution in [-0.2, 0) is 4.79 Å². The molecule has 2 aliphatic heterocycles. The largest absolute Gasteiger partial charge is 0.356 e. The predicted octanol–water partition coefficient (Wildman–Crippen LogP) is 3.23. The lowest BCUT2D eigenvalue weighted by molar-refractivity contribution is -0.122. The summed E-state index contributed by atoms with van der Waals surface area (Å²) >= 11 is 0. The van der Waals surface area contributed by atoms with E-state index < -0.39 is 0 Å². The molecule has 0 saturated carbocycles. The first-order valence-corrected chi connectivity index (χ1v) is 11.0. The number of carbonyl (C=O) groups excluding carboxylic acids is 2. The SMILES string of the molecule is Cc1ccc(C(=O)N2CCC(CC(=O)NCCCN3CCCCC3)CC2)cc1. The van der Waals surface area contributed by atoms with Crippen molar-refractivity contribution in [1.29, 1.82) is 0 Å². The molecule has 5 heteroatoms. The van der Waals surface area contributed by atoms with Gasteiger partial charge >= 0.3 is 0 Å². The molecule has 0 unspecified atom stereocenters. The second kappa shape index (κ2) is 10.6. The fraction of sp³-hybridized carbons (Fsp3) is 0.652. The molecule has 0 aliphatic carbocycles. The zero-order valence-corrected chi connectivity index (χ0v) is 17.3. The number of nitrogens with one attached hydrogen (secondary N) is 1. The molecule has 28 heavy (non-hydrogen) atoms. The Morgan fingerprint density at radius 1 is 1.00 bits per heavy atom. The van der Waals surface area contributed by atoms with E-state index in [0.29, 0.717) is 12.3 Å². The van der Waals surface area contributed by atoms with Gasteiger partial charge < -0.3 is 15.1 Å². The summed E-state index contributed by atoms with van der Waals surface area (Å²) in [5.74, 6) is 0.673. The Balaban J connectivity index is 1.30. The van der Waals surface area contributed by atoms with Gasteiger partial charge in [0, 0.05) is 31.6 Å². The first-order chi connectivity index (χ1) is 13.6. The zero-order valence-electron chi connectivity index (χ0n) is 17.3. The fourth-order valence-corrected chi connectivity index (χ4v) is 4.27. The van der Waals surface area contributed by atoms with Gasteiger partial charge in [-0.3, -0.25) is 9.59 Å². The highest BCUT2D eigenvalue weighted by Gasteiger charge is 2.25. The van der Waals surface area contributed by atoms with E-state index in [0.717, 1.165) is 56.6 Å². The van der Waals surface area contributed by atoms with Crippen molar-refractivity contribution in [3.8, 4) is 0 Å². The summed E-state index contributed by atoms with van der Waals surface area (Å²) in [6.45, 7) is 7.83. The molecule has 2 saturated heterocycles. The van der Waals surface area contributed by atoms with Gasteiger partial charge in [-0.05, 0) is 76.7 Å². The average Bonchev–Trinajstić information content (AvgIpc) is 2.73. The molecule has 0 radical (unpaired) electrons. The summed E-state index contributed by atoms with van der Waals surface area (Å²) in [7, 11) is 0. The van der Waals surface area contributed by atoms with E-state index in [1.807, 2.05) is 36.1 Å². The van der Waals surface area contributed by atoms with Gasteiger partial charge in [-0.1, -0.05) is 24.1 Å². The molecule has 2 amide bonds. The number of rotatable bonds is 7. The number of likely N-dealkylation sites (tertiary alicyclic amines) is 2. The van der Waals surface area contributed by atoms with Crippen molar-refractivity contribution in [2.24, 2.45) is 5.92 Å². The van der Waals surface area contributed by atoms with E-state index in [1.54, 1.807) is 0 Å². The van der Waals surface area contributed by atoms with Crippen LogP contribution in [0.5, 0.6) is 0 Å². The predicted molar refractivity (Wildman–Crippen MR) is 112 cm³/mol. The molecule has 1 aromatic rings. The van der Waals surface area contributed by atoms with E-state index >= 15 is 0 Å². The van der Waals surface area contributed by atoms with Crippen molar-refractivity contribution in [3.63, 3.8) is 0 Å². The van der Waals surface area contributed by atoms with Crippen LogP contribution in [0.4, 0.5) is 0 Å². The summed E-state index contributed by atoms with van der Waals surface area (Å²) < 4.78 is 0. The van der Waals surface area contributed by atoms with Crippen LogP contribution in [0.1, 0.15) is 60.9 Å². The number of hydrogen-bond acceptors (Lipinski definition) is 3. The molecule has 1 aromatic carbocycles. The van der Waals surface area contributed by atoms with Crippen molar-refractivity contribution in [3.05, 3.63) is 35.4 Å². The summed E-state index contributed by atoms with van der Waals surface area (Å²) in [6, 6.07) is 7.77. The Bertz CT molecular complexity index is 630. The highest BCUT2D eigenvalue weighted by Crippen LogP contribution is 2.22. The van der Waals surface area contributed by atoms with Gasteiger partial charge in [-0.15, -0.1) is 0 Å². The van der Waals surface area contributed by atoms with Crippen LogP contribution >= 0.6 is 0 Å². The molecule has 0 aromatic heterocycles. The molecule has 2 heterocycles. The quantitative estimate of drug-likeness (QED) is 0.733. The lowest BCUT2D eigenvalue weighted by Crippen LogP contribution is -2.40. The molecule has 0 spiro atoms. The lowest BCUT2D eigenvalue weighted by Gasteiger charge is -2.32. The molecule has 2 aliphatic rings. The van der Waals surface area contributed by atoms with E-state index in [9.17, 15) is 9.59 Å². The molecule has 5 nitrogen and oxygen atoms in total. The van der Waals surface area contributed by atoms with Crippen molar-refractivity contribution in [2.45, 2.75) is 51.9 Å². The molecule has 3 rings (SSSR count). The fourth-order valence-electron chi connectivity index (χ4n) is 4.27. The molecule has 2 fully saturated rings. The van der Waals surface area contributed by atoms with E-state index in [1.165, 1.54) is 32.4 Å². The Hall–Kier alpha value is -1.88.